The van der Waals surface area contributed by atoms with Gasteiger partial charge in [-0.2, -0.15) is 0 Å². The maximum atomic E-state index is 12.0. The van der Waals surface area contributed by atoms with Gasteiger partial charge in [-0.3, -0.25) is 9.59 Å². The number of nitrogens with two attached hydrogens (primary N) is 1. The highest BCUT2D eigenvalue weighted by molar-refractivity contribution is 6.06. The third kappa shape index (κ3) is 16.8. The van der Waals surface area contributed by atoms with Crippen molar-refractivity contribution in [2.45, 2.75) is 123 Å². The van der Waals surface area contributed by atoms with Gasteiger partial charge in [-0.15, -0.1) is 12.4 Å². The Morgan fingerprint density at radius 1 is 0.600 bits per heavy atom. The average Bonchev–Trinajstić information content (AvgIpc) is 2.59. The van der Waals surface area contributed by atoms with Gasteiger partial charge < -0.3 is 5.73 Å². The molecule has 0 aliphatic carbocycles. The lowest BCUT2D eigenvalue weighted by atomic mass is 9.98. The lowest BCUT2D eigenvalue weighted by Crippen LogP contribution is -2.38. The van der Waals surface area contributed by atoms with Gasteiger partial charge in [-0.1, -0.05) is 90.9 Å². The Morgan fingerprint density at radius 2 is 0.880 bits per heavy atom. The molecule has 0 amide bonds. The van der Waals surface area contributed by atoms with Crippen molar-refractivity contribution in [2.75, 3.05) is 0 Å². The summed E-state index contributed by atoms with van der Waals surface area (Å²) in [5.41, 5.74) is 5.82. The molecule has 0 atom stereocenters. The van der Waals surface area contributed by atoms with Crippen LogP contribution in [0, 0.1) is 0 Å². The van der Waals surface area contributed by atoms with Crippen LogP contribution in [0.1, 0.15) is 117 Å². The van der Waals surface area contributed by atoms with Gasteiger partial charge in [0.15, 0.2) is 11.6 Å². The van der Waals surface area contributed by atoms with Gasteiger partial charge in [0.05, 0.1) is 0 Å². The van der Waals surface area contributed by atoms with Gasteiger partial charge >= 0.3 is 0 Å². The van der Waals surface area contributed by atoms with Crippen LogP contribution in [0.25, 0.3) is 0 Å². The molecule has 0 fully saturated rings. The summed E-state index contributed by atoms with van der Waals surface area (Å²) in [4.78, 5) is 24.0. The third-order valence-corrected chi connectivity index (χ3v) is 4.75. The van der Waals surface area contributed by atoms with E-state index in [1.165, 1.54) is 64.2 Å². The van der Waals surface area contributed by atoms with Crippen molar-refractivity contribution < 1.29 is 9.59 Å². The summed E-state index contributed by atoms with van der Waals surface area (Å²) in [6.07, 6.45) is 17.4. The zero-order valence-electron chi connectivity index (χ0n) is 16.7. The summed E-state index contributed by atoms with van der Waals surface area (Å²) in [6, 6.07) is -0.870. The maximum Gasteiger partial charge on any atom is 0.157 e. The Kier molecular flexibility index (Phi) is 21.4. The van der Waals surface area contributed by atoms with Crippen molar-refractivity contribution in [3.63, 3.8) is 0 Å². The highest BCUT2D eigenvalue weighted by Gasteiger charge is 2.20. The number of unbranched alkanes of at least 4 members (excludes halogenated alkanes) is 12. The molecule has 0 saturated carbocycles. The van der Waals surface area contributed by atoms with Crippen LogP contribution in [0.4, 0.5) is 0 Å². The summed E-state index contributed by atoms with van der Waals surface area (Å²) < 4.78 is 0. The Bertz CT molecular complexity index is 291. The van der Waals surface area contributed by atoms with Crippen molar-refractivity contribution in [3.05, 3.63) is 0 Å². The summed E-state index contributed by atoms with van der Waals surface area (Å²) in [5, 5.41) is 0. The van der Waals surface area contributed by atoms with Crippen LogP contribution in [-0.4, -0.2) is 17.6 Å². The van der Waals surface area contributed by atoms with E-state index >= 15 is 0 Å². The highest BCUT2D eigenvalue weighted by Crippen LogP contribution is 2.11. The van der Waals surface area contributed by atoms with E-state index in [1.807, 2.05) is 0 Å². The summed E-state index contributed by atoms with van der Waals surface area (Å²) in [7, 11) is 0. The molecular formula is C21H42ClNO2. The van der Waals surface area contributed by atoms with Gasteiger partial charge in [-0.25, -0.2) is 0 Å². The minimum absolute atomic E-state index is 0. The smallest absolute Gasteiger partial charge is 0.157 e. The van der Waals surface area contributed by atoms with E-state index in [2.05, 4.69) is 13.8 Å². The molecule has 0 rings (SSSR count). The van der Waals surface area contributed by atoms with E-state index in [9.17, 15) is 9.59 Å². The molecule has 0 unspecified atom stereocenters. The Balaban J connectivity index is 0. The molecule has 0 aromatic carbocycles. The summed E-state index contributed by atoms with van der Waals surface area (Å²) >= 11 is 0. The summed E-state index contributed by atoms with van der Waals surface area (Å²) in [6.45, 7) is 4.42. The minimum Gasteiger partial charge on any atom is -0.315 e. The molecule has 0 aliphatic heterocycles. The molecule has 150 valence electrons. The quantitative estimate of drug-likeness (QED) is 0.230. The number of halogens is 1. The van der Waals surface area contributed by atoms with Crippen LogP contribution in [0.15, 0.2) is 0 Å². The van der Waals surface area contributed by atoms with E-state index in [-0.39, 0.29) is 24.0 Å². The predicted octanol–water partition coefficient (Wildman–Crippen LogP) is 6.16. The minimum atomic E-state index is -0.870. The average molecular weight is 376 g/mol. The molecule has 0 radical (unpaired) electrons. The van der Waals surface area contributed by atoms with Crippen LogP contribution in [0.3, 0.4) is 0 Å². The number of carbonyl (C=O) groups is 2. The van der Waals surface area contributed by atoms with Crippen molar-refractivity contribution in [2.24, 2.45) is 5.73 Å². The lowest BCUT2D eigenvalue weighted by molar-refractivity contribution is -0.129. The predicted molar refractivity (Wildman–Crippen MR) is 110 cm³/mol. The molecule has 0 saturated heterocycles. The van der Waals surface area contributed by atoms with Crippen LogP contribution in [0.5, 0.6) is 0 Å². The number of Topliss-reactive ketones (excluding diaryl/α,β-unsaturated/α-hetero) is 2. The van der Waals surface area contributed by atoms with E-state index in [0.717, 1.165) is 25.7 Å². The van der Waals surface area contributed by atoms with Crippen LogP contribution in [0.2, 0.25) is 0 Å². The Hall–Kier alpha value is -0.410. The first-order valence-corrected chi connectivity index (χ1v) is 10.4. The Labute approximate surface area is 162 Å². The molecule has 3 nitrogen and oxygen atoms in total. The molecule has 0 spiro atoms. The monoisotopic (exact) mass is 375 g/mol. The number of carbonyl (C=O) groups excluding carboxylic acids is 2. The fraction of sp³-hybridized carbons (Fsp3) is 0.905. The normalized spacial score (nSPS) is 10.7. The van der Waals surface area contributed by atoms with Gasteiger partial charge in [0.25, 0.3) is 0 Å². The van der Waals surface area contributed by atoms with E-state index in [4.69, 9.17) is 5.73 Å². The second-order valence-electron chi connectivity index (χ2n) is 7.15. The SMILES string of the molecule is CCCCCCCCCC(=O)C(N)C(=O)CCCCCCCCC.Cl. The molecule has 0 heterocycles. The van der Waals surface area contributed by atoms with Crippen molar-refractivity contribution in [1.29, 1.82) is 0 Å². The molecule has 4 heteroatoms. The molecule has 0 bridgehead atoms. The van der Waals surface area contributed by atoms with E-state index < -0.39 is 6.04 Å². The zero-order chi connectivity index (χ0) is 18.0. The van der Waals surface area contributed by atoms with Crippen molar-refractivity contribution in [1.82, 2.24) is 0 Å². The first kappa shape index (κ1) is 26.8. The second kappa shape index (κ2) is 19.9. The first-order chi connectivity index (χ1) is 11.6. The largest absolute Gasteiger partial charge is 0.315 e. The molecule has 2 N–H and O–H groups in total. The van der Waals surface area contributed by atoms with Crippen molar-refractivity contribution >= 4 is 24.0 Å². The van der Waals surface area contributed by atoms with Crippen LogP contribution < -0.4 is 5.73 Å². The number of hydrogen-bond donors (Lipinski definition) is 1. The lowest BCUT2D eigenvalue weighted by Gasteiger charge is -2.09. The number of rotatable bonds is 18. The third-order valence-electron chi connectivity index (χ3n) is 4.75. The molecule has 25 heavy (non-hydrogen) atoms. The van der Waals surface area contributed by atoms with Crippen molar-refractivity contribution in [3.8, 4) is 0 Å². The van der Waals surface area contributed by atoms with Gasteiger partial charge in [0.1, 0.15) is 6.04 Å². The number of ketones is 2. The molecular weight excluding hydrogens is 334 g/mol. The summed E-state index contributed by atoms with van der Waals surface area (Å²) in [5.74, 6) is -0.118. The second-order valence-corrected chi connectivity index (χ2v) is 7.15. The fourth-order valence-electron chi connectivity index (χ4n) is 3.00. The fourth-order valence-corrected chi connectivity index (χ4v) is 3.00. The van der Waals surface area contributed by atoms with Crippen LogP contribution in [-0.2, 0) is 9.59 Å². The standard InChI is InChI=1S/C21H41NO2.ClH/c1-3-5-7-9-11-13-15-17-19(23)21(22)20(24)18-16-14-12-10-8-6-4-2;/h21H,3-18,22H2,1-2H3;1H. The Morgan fingerprint density at radius 3 is 1.20 bits per heavy atom. The van der Waals surface area contributed by atoms with E-state index in [0.29, 0.717) is 12.8 Å². The van der Waals surface area contributed by atoms with E-state index in [1.54, 1.807) is 0 Å². The maximum absolute atomic E-state index is 12.0. The molecule has 0 aliphatic rings. The first-order valence-electron chi connectivity index (χ1n) is 10.4. The van der Waals surface area contributed by atoms with Gasteiger partial charge in [0.2, 0.25) is 0 Å². The number of hydrogen-bond acceptors (Lipinski definition) is 3. The van der Waals surface area contributed by atoms with Gasteiger partial charge in [0, 0.05) is 12.8 Å². The van der Waals surface area contributed by atoms with Gasteiger partial charge in [-0.05, 0) is 12.8 Å². The molecule has 0 aromatic rings. The topological polar surface area (TPSA) is 60.2 Å². The van der Waals surface area contributed by atoms with Crippen LogP contribution >= 0.6 is 12.4 Å². The highest BCUT2D eigenvalue weighted by atomic mass is 35.5. The zero-order valence-corrected chi connectivity index (χ0v) is 17.5. The molecule has 0 aromatic heterocycles.